The lowest BCUT2D eigenvalue weighted by Gasteiger charge is -2.12. The molecule has 24 heavy (non-hydrogen) atoms. The van der Waals surface area contributed by atoms with Gasteiger partial charge in [-0.05, 0) is 37.6 Å². The van der Waals surface area contributed by atoms with Gasteiger partial charge in [0.25, 0.3) is 0 Å². The maximum absolute atomic E-state index is 12.6. The maximum Gasteiger partial charge on any atom is 0.196 e. The smallest absolute Gasteiger partial charge is 0.196 e. The molecule has 0 saturated heterocycles. The maximum atomic E-state index is 12.6. The summed E-state index contributed by atoms with van der Waals surface area (Å²) in [6, 6.07) is 15.4. The van der Waals surface area contributed by atoms with Crippen LogP contribution < -0.4 is 0 Å². The molecule has 1 aromatic heterocycles. The molecular formula is C18H16BrN3OS. The number of ketones is 1. The number of thioether (sulfide) groups is 1. The van der Waals surface area contributed by atoms with Crippen molar-refractivity contribution in [2.75, 3.05) is 0 Å². The molecule has 0 amide bonds. The van der Waals surface area contributed by atoms with Crippen LogP contribution in [0.1, 0.15) is 22.8 Å². The molecule has 1 heterocycles. The topological polar surface area (TPSA) is 47.8 Å². The second-order valence-electron chi connectivity index (χ2n) is 5.40. The average molecular weight is 402 g/mol. The molecule has 4 nitrogen and oxygen atoms in total. The molecule has 1 atom stereocenters. The van der Waals surface area contributed by atoms with Crippen molar-refractivity contribution in [1.82, 2.24) is 14.8 Å². The van der Waals surface area contributed by atoms with Gasteiger partial charge in [0.15, 0.2) is 10.9 Å². The number of halogens is 1. The Morgan fingerprint density at radius 3 is 2.58 bits per heavy atom. The van der Waals surface area contributed by atoms with Crippen LogP contribution in [0.25, 0.3) is 5.69 Å². The number of carbonyl (C=O) groups is 1. The van der Waals surface area contributed by atoms with Gasteiger partial charge < -0.3 is 0 Å². The first-order valence-corrected chi connectivity index (χ1v) is 9.16. The molecule has 3 aromatic rings. The molecule has 2 aromatic carbocycles. The zero-order valence-electron chi connectivity index (χ0n) is 13.3. The number of hydrogen-bond acceptors (Lipinski definition) is 4. The van der Waals surface area contributed by atoms with Crippen LogP contribution in [-0.4, -0.2) is 25.8 Å². The van der Waals surface area contributed by atoms with Gasteiger partial charge in [-0.3, -0.25) is 9.36 Å². The summed E-state index contributed by atoms with van der Waals surface area (Å²) in [4.78, 5) is 12.6. The van der Waals surface area contributed by atoms with E-state index in [4.69, 9.17) is 0 Å². The van der Waals surface area contributed by atoms with E-state index in [1.54, 1.807) is 6.33 Å². The van der Waals surface area contributed by atoms with Crippen LogP contribution in [-0.2, 0) is 0 Å². The van der Waals surface area contributed by atoms with Crippen molar-refractivity contribution >= 4 is 33.5 Å². The monoisotopic (exact) mass is 401 g/mol. The van der Waals surface area contributed by atoms with Crippen LogP contribution in [0.3, 0.4) is 0 Å². The fourth-order valence-electron chi connectivity index (χ4n) is 2.36. The Hall–Kier alpha value is -1.92. The van der Waals surface area contributed by atoms with Crippen LogP contribution >= 0.6 is 27.7 Å². The molecule has 0 aliphatic carbocycles. The number of nitrogens with zero attached hydrogens (tertiary/aromatic N) is 3. The van der Waals surface area contributed by atoms with Crippen molar-refractivity contribution in [3.05, 3.63) is 70.5 Å². The fourth-order valence-corrected chi connectivity index (χ4v) is 3.54. The van der Waals surface area contributed by atoms with Gasteiger partial charge in [0.1, 0.15) is 6.33 Å². The number of Topliss-reactive ketones (excluding diaryl/α,β-unsaturated/α-hetero) is 1. The minimum atomic E-state index is -0.252. The molecule has 0 fully saturated rings. The summed E-state index contributed by atoms with van der Waals surface area (Å²) >= 11 is 4.80. The predicted molar refractivity (Wildman–Crippen MR) is 99.9 cm³/mol. The van der Waals surface area contributed by atoms with E-state index in [-0.39, 0.29) is 11.0 Å². The molecule has 0 aliphatic heterocycles. The van der Waals surface area contributed by atoms with E-state index >= 15 is 0 Å². The van der Waals surface area contributed by atoms with Gasteiger partial charge in [-0.2, -0.15) is 0 Å². The second kappa shape index (κ2) is 7.32. The Morgan fingerprint density at radius 2 is 1.88 bits per heavy atom. The Morgan fingerprint density at radius 1 is 1.17 bits per heavy atom. The van der Waals surface area contributed by atoms with E-state index in [2.05, 4.69) is 26.1 Å². The molecule has 6 heteroatoms. The summed E-state index contributed by atoms with van der Waals surface area (Å²) < 4.78 is 2.88. The third-order valence-electron chi connectivity index (χ3n) is 3.67. The Bertz CT molecular complexity index is 861. The van der Waals surface area contributed by atoms with Crippen LogP contribution in [0.4, 0.5) is 0 Å². The number of rotatable bonds is 5. The predicted octanol–water partition coefficient (Wildman–Crippen LogP) is 4.70. The lowest BCUT2D eigenvalue weighted by atomic mass is 10.1. The minimum absolute atomic E-state index is 0.0758. The molecule has 0 aliphatic rings. The molecule has 0 spiro atoms. The summed E-state index contributed by atoms with van der Waals surface area (Å²) in [6.07, 6.45) is 1.68. The van der Waals surface area contributed by atoms with Crippen molar-refractivity contribution in [2.45, 2.75) is 24.3 Å². The number of aromatic nitrogens is 3. The Kier molecular flexibility index (Phi) is 5.16. The van der Waals surface area contributed by atoms with Crippen LogP contribution in [0.2, 0.25) is 0 Å². The van der Waals surface area contributed by atoms with E-state index in [9.17, 15) is 4.79 Å². The van der Waals surface area contributed by atoms with Gasteiger partial charge >= 0.3 is 0 Å². The van der Waals surface area contributed by atoms with E-state index in [0.29, 0.717) is 10.7 Å². The zero-order chi connectivity index (χ0) is 17.1. The van der Waals surface area contributed by atoms with Crippen LogP contribution in [0.15, 0.2) is 64.5 Å². The number of para-hydroxylation sites is 1. The summed E-state index contributed by atoms with van der Waals surface area (Å²) in [5, 5.41) is 8.65. The Balaban J connectivity index is 1.82. The summed E-state index contributed by atoms with van der Waals surface area (Å²) in [7, 11) is 0. The highest BCUT2D eigenvalue weighted by molar-refractivity contribution is 9.10. The van der Waals surface area contributed by atoms with E-state index in [1.807, 2.05) is 66.9 Å². The van der Waals surface area contributed by atoms with E-state index in [1.165, 1.54) is 11.8 Å². The normalized spacial score (nSPS) is 12.1. The molecule has 0 radical (unpaired) electrons. The number of carbonyl (C=O) groups excluding carboxylic acids is 1. The van der Waals surface area contributed by atoms with E-state index < -0.39 is 0 Å². The van der Waals surface area contributed by atoms with Crippen molar-refractivity contribution in [1.29, 1.82) is 0 Å². The number of benzene rings is 2. The largest absolute Gasteiger partial charge is 0.293 e. The van der Waals surface area contributed by atoms with Gasteiger partial charge in [-0.1, -0.05) is 58.0 Å². The summed E-state index contributed by atoms with van der Waals surface area (Å²) in [5.74, 6) is 0.0758. The van der Waals surface area contributed by atoms with Crippen molar-refractivity contribution in [3.8, 4) is 5.69 Å². The van der Waals surface area contributed by atoms with Gasteiger partial charge in [0, 0.05) is 10.0 Å². The SMILES string of the molecule is Cc1ccccc1-n1cnnc1S[C@H](C)C(=O)c1ccc(Br)cc1. The Labute approximate surface area is 153 Å². The summed E-state index contributed by atoms with van der Waals surface area (Å²) in [6.45, 7) is 3.94. The number of hydrogen-bond donors (Lipinski definition) is 0. The van der Waals surface area contributed by atoms with Crippen LogP contribution in [0.5, 0.6) is 0 Å². The highest BCUT2D eigenvalue weighted by Gasteiger charge is 2.20. The molecule has 3 rings (SSSR count). The molecule has 0 saturated carbocycles. The highest BCUT2D eigenvalue weighted by atomic mass is 79.9. The summed E-state index contributed by atoms with van der Waals surface area (Å²) in [5.41, 5.74) is 2.85. The third-order valence-corrected chi connectivity index (χ3v) is 5.26. The van der Waals surface area contributed by atoms with E-state index in [0.717, 1.165) is 15.7 Å². The molecule has 122 valence electrons. The standard InChI is InChI=1S/C18H16BrN3OS/c1-12-5-3-4-6-16(12)22-11-20-21-18(22)24-13(2)17(23)14-7-9-15(19)10-8-14/h3-11,13H,1-2H3/t13-/m1/s1. The zero-order valence-corrected chi connectivity index (χ0v) is 15.7. The third kappa shape index (κ3) is 3.60. The van der Waals surface area contributed by atoms with Crippen molar-refractivity contribution < 1.29 is 4.79 Å². The molecule has 0 bridgehead atoms. The van der Waals surface area contributed by atoms with Gasteiger partial charge in [0.2, 0.25) is 0 Å². The van der Waals surface area contributed by atoms with Crippen LogP contribution in [0, 0.1) is 6.92 Å². The van der Waals surface area contributed by atoms with Gasteiger partial charge in [-0.15, -0.1) is 10.2 Å². The first kappa shape index (κ1) is 16.9. The number of aryl methyl sites for hydroxylation is 1. The molecule has 0 unspecified atom stereocenters. The van der Waals surface area contributed by atoms with Gasteiger partial charge in [-0.25, -0.2) is 0 Å². The van der Waals surface area contributed by atoms with Gasteiger partial charge in [0.05, 0.1) is 10.9 Å². The lowest BCUT2D eigenvalue weighted by Crippen LogP contribution is -2.14. The average Bonchev–Trinajstić information content (AvgIpc) is 3.03. The quantitative estimate of drug-likeness (QED) is 0.459. The molecule has 0 N–H and O–H groups in total. The first-order valence-electron chi connectivity index (χ1n) is 7.48. The second-order valence-corrected chi connectivity index (χ2v) is 7.62. The van der Waals surface area contributed by atoms with Crippen molar-refractivity contribution in [2.24, 2.45) is 0 Å². The first-order chi connectivity index (χ1) is 11.6. The molecular weight excluding hydrogens is 386 g/mol. The minimum Gasteiger partial charge on any atom is -0.293 e. The van der Waals surface area contributed by atoms with Crippen molar-refractivity contribution in [3.63, 3.8) is 0 Å². The lowest BCUT2D eigenvalue weighted by molar-refractivity contribution is 0.0994. The highest BCUT2D eigenvalue weighted by Crippen LogP contribution is 2.27. The fraction of sp³-hybridized carbons (Fsp3) is 0.167.